The second-order valence-corrected chi connectivity index (χ2v) is 8.95. The van der Waals surface area contributed by atoms with Crippen molar-refractivity contribution in [2.45, 2.75) is 44.3 Å². The van der Waals surface area contributed by atoms with E-state index in [9.17, 15) is 31.9 Å². The molecule has 12 heteroatoms. The summed E-state index contributed by atoms with van der Waals surface area (Å²) >= 11 is 0. The lowest BCUT2D eigenvalue weighted by Gasteiger charge is -2.35. The molecule has 0 bridgehead atoms. The minimum atomic E-state index is -5.02. The van der Waals surface area contributed by atoms with E-state index in [0.717, 1.165) is 6.07 Å². The van der Waals surface area contributed by atoms with Gasteiger partial charge in [0.05, 0.1) is 24.3 Å². The highest BCUT2D eigenvalue weighted by molar-refractivity contribution is 5.92. The maximum Gasteiger partial charge on any atom is 0.419 e. The number of fused-ring (bicyclic) bond motifs is 1. The second-order valence-electron chi connectivity index (χ2n) is 8.95. The molecule has 0 spiro atoms. The molecule has 3 aromatic rings. The third kappa shape index (κ3) is 4.35. The Balaban J connectivity index is 1.28. The van der Waals surface area contributed by atoms with Crippen LogP contribution in [0.2, 0.25) is 0 Å². The van der Waals surface area contributed by atoms with Gasteiger partial charge < -0.3 is 10.0 Å². The molecule has 5 rings (SSSR count). The summed E-state index contributed by atoms with van der Waals surface area (Å²) in [7, 11) is 0. The molecule has 7 nitrogen and oxygen atoms in total. The topological polar surface area (TPSA) is 85.3 Å². The Kier molecular flexibility index (Phi) is 6.25. The number of amides is 1. The molecular formula is C24H22F5N5O2. The third-order valence-corrected chi connectivity index (χ3v) is 6.82. The quantitative estimate of drug-likeness (QED) is 0.519. The fraction of sp³-hybridized carbons (Fsp3) is 0.375. The SMILES string of the molecule is O=C(c1ccccn1)N1Cc2[nH]nc(C(O)N3CCC(c4ccc(F)c(F)c4C(F)(F)F)CC3)c2C1. The molecule has 1 amide bonds. The second kappa shape index (κ2) is 9.25. The molecule has 0 aliphatic carbocycles. The molecule has 4 heterocycles. The standard InChI is InChI=1S/C24H22F5N5O2/c25-16-5-4-14(19(20(16)26)24(27,28)29)13-6-9-33(10-7-13)23(36)21-15-11-34(12-18(15)31-32-21)22(35)17-3-1-2-8-30-17/h1-5,8,13,23,36H,6-7,9-12H2,(H,31,32). The number of likely N-dealkylation sites (tertiary alicyclic amines) is 1. The molecule has 1 saturated heterocycles. The predicted octanol–water partition coefficient (Wildman–Crippen LogP) is 4.13. The first-order chi connectivity index (χ1) is 17.1. The van der Waals surface area contributed by atoms with Crippen LogP contribution >= 0.6 is 0 Å². The van der Waals surface area contributed by atoms with Crippen LogP contribution in [-0.4, -0.2) is 49.1 Å². The van der Waals surface area contributed by atoms with E-state index in [2.05, 4.69) is 15.2 Å². The minimum Gasteiger partial charge on any atom is -0.372 e. The van der Waals surface area contributed by atoms with Crippen LogP contribution < -0.4 is 0 Å². The summed E-state index contributed by atoms with van der Waals surface area (Å²) in [6, 6.07) is 6.75. The number of halogens is 5. The molecule has 0 radical (unpaired) electrons. The zero-order chi connectivity index (χ0) is 25.6. The van der Waals surface area contributed by atoms with Crippen LogP contribution in [0.25, 0.3) is 0 Å². The van der Waals surface area contributed by atoms with Gasteiger partial charge in [-0.25, -0.2) is 8.78 Å². The van der Waals surface area contributed by atoms with Crippen molar-refractivity contribution < 1.29 is 31.9 Å². The highest BCUT2D eigenvalue weighted by Crippen LogP contribution is 2.42. The average Bonchev–Trinajstić information content (AvgIpc) is 3.46. The van der Waals surface area contributed by atoms with E-state index < -0.39 is 35.5 Å². The van der Waals surface area contributed by atoms with Gasteiger partial charge in [0.1, 0.15) is 11.4 Å². The maximum absolute atomic E-state index is 14.0. The number of alkyl halides is 3. The van der Waals surface area contributed by atoms with Crippen molar-refractivity contribution in [3.63, 3.8) is 0 Å². The zero-order valence-electron chi connectivity index (χ0n) is 18.9. The first kappa shape index (κ1) is 24.3. The Morgan fingerprint density at radius 3 is 2.53 bits per heavy atom. The molecule has 2 N–H and O–H groups in total. The van der Waals surface area contributed by atoms with Crippen molar-refractivity contribution in [2.75, 3.05) is 13.1 Å². The van der Waals surface area contributed by atoms with Crippen LogP contribution in [0, 0.1) is 11.6 Å². The fourth-order valence-corrected chi connectivity index (χ4v) is 4.99. The van der Waals surface area contributed by atoms with Gasteiger partial charge in [-0.2, -0.15) is 18.3 Å². The van der Waals surface area contributed by atoms with Crippen molar-refractivity contribution in [3.05, 3.63) is 81.9 Å². The lowest BCUT2D eigenvalue weighted by Crippen LogP contribution is -2.37. The number of aromatic nitrogens is 3. The fourth-order valence-electron chi connectivity index (χ4n) is 4.99. The molecule has 1 unspecified atom stereocenters. The summed E-state index contributed by atoms with van der Waals surface area (Å²) in [5.41, 5.74) is 0.191. The van der Waals surface area contributed by atoms with Gasteiger partial charge in [0.15, 0.2) is 17.9 Å². The number of carbonyl (C=O) groups excluding carboxylic acids is 1. The van der Waals surface area contributed by atoms with Crippen LogP contribution in [0.1, 0.15) is 63.6 Å². The van der Waals surface area contributed by atoms with Crippen molar-refractivity contribution >= 4 is 5.91 Å². The summed E-state index contributed by atoms with van der Waals surface area (Å²) in [4.78, 5) is 20.1. The van der Waals surface area contributed by atoms with Crippen molar-refractivity contribution in [2.24, 2.45) is 0 Å². The van der Waals surface area contributed by atoms with Gasteiger partial charge >= 0.3 is 6.18 Å². The first-order valence-electron chi connectivity index (χ1n) is 11.4. The van der Waals surface area contributed by atoms with Crippen LogP contribution in [0.15, 0.2) is 36.5 Å². The Bertz CT molecular complexity index is 1270. The van der Waals surface area contributed by atoms with E-state index in [1.807, 2.05) is 0 Å². The van der Waals surface area contributed by atoms with E-state index >= 15 is 0 Å². The van der Waals surface area contributed by atoms with Gasteiger partial charge in [0.25, 0.3) is 5.91 Å². The number of rotatable bonds is 4. The third-order valence-electron chi connectivity index (χ3n) is 6.82. The number of carbonyl (C=O) groups is 1. The van der Waals surface area contributed by atoms with Crippen molar-refractivity contribution in [1.29, 1.82) is 0 Å². The van der Waals surface area contributed by atoms with Crippen LogP contribution in [0.3, 0.4) is 0 Å². The maximum atomic E-state index is 14.0. The number of H-pyrrole nitrogens is 1. The number of aliphatic hydroxyl groups is 1. The number of hydrogen-bond donors (Lipinski definition) is 2. The lowest BCUT2D eigenvalue weighted by atomic mass is 9.85. The summed E-state index contributed by atoms with van der Waals surface area (Å²) < 4.78 is 67.9. The number of pyridine rings is 1. The van der Waals surface area contributed by atoms with Crippen LogP contribution in [0.5, 0.6) is 0 Å². The molecule has 2 aliphatic rings. The van der Waals surface area contributed by atoms with Gasteiger partial charge in [-0.05, 0) is 42.5 Å². The van der Waals surface area contributed by atoms with E-state index in [-0.39, 0.29) is 50.5 Å². The van der Waals surface area contributed by atoms with E-state index in [1.165, 1.54) is 6.20 Å². The molecule has 1 aromatic carbocycles. The largest absolute Gasteiger partial charge is 0.419 e. The number of nitrogens with zero attached hydrogens (tertiary/aromatic N) is 4. The molecule has 2 aromatic heterocycles. The molecule has 2 aliphatic heterocycles. The minimum absolute atomic E-state index is 0.210. The summed E-state index contributed by atoms with van der Waals surface area (Å²) in [5.74, 6) is -4.33. The Morgan fingerprint density at radius 1 is 1.11 bits per heavy atom. The molecule has 190 valence electrons. The molecule has 0 saturated carbocycles. The molecule has 1 fully saturated rings. The Labute approximate surface area is 202 Å². The number of hydrogen-bond acceptors (Lipinski definition) is 5. The average molecular weight is 507 g/mol. The smallest absolute Gasteiger partial charge is 0.372 e. The normalized spacial score (nSPS) is 17.9. The van der Waals surface area contributed by atoms with Gasteiger partial charge in [0, 0.05) is 24.8 Å². The highest BCUT2D eigenvalue weighted by Gasteiger charge is 2.41. The summed E-state index contributed by atoms with van der Waals surface area (Å²) in [6.07, 6.45) is -4.21. The number of nitrogens with one attached hydrogen (secondary N) is 1. The van der Waals surface area contributed by atoms with Gasteiger partial charge in [-0.3, -0.25) is 19.8 Å². The molecular weight excluding hydrogens is 485 g/mol. The van der Waals surface area contributed by atoms with E-state index in [0.29, 0.717) is 28.7 Å². The van der Waals surface area contributed by atoms with Gasteiger partial charge in [-0.1, -0.05) is 12.1 Å². The van der Waals surface area contributed by atoms with E-state index in [4.69, 9.17) is 0 Å². The summed E-state index contributed by atoms with van der Waals surface area (Å²) in [6.45, 7) is 0.956. The number of aromatic amines is 1. The lowest BCUT2D eigenvalue weighted by molar-refractivity contribution is -0.141. The van der Waals surface area contributed by atoms with E-state index in [1.54, 1.807) is 28.0 Å². The summed E-state index contributed by atoms with van der Waals surface area (Å²) in [5, 5.41) is 18.1. The first-order valence-corrected chi connectivity index (χ1v) is 11.4. The Morgan fingerprint density at radius 2 is 1.86 bits per heavy atom. The highest BCUT2D eigenvalue weighted by atomic mass is 19.4. The van der Waals surface area contributed by atoms with Crippen molar-refractivity contribution in [3.8, 4) is 0 Å². The molecule has 1 atom stereocenters. The van der Waals surface area contributed by atoms with Crippen LogP contribution in [0.4, 0.5) is 22.0 Å². The predicted molar refractivity (Wildman–Crippen MR) is 116 cm³/mol. The van der Waals surface area contributed by atoms with Crippen molar-refractivity contribution in [1.82, 2.24) is 25.0 Å². The molecule has 36 heavy (non-hydrogen) atoms. The monoisotopic (exact) mass is 507 g/mol. The van der Waals surface area contributed by atoms with Gasteiger partial charge in [0.2, 0.25) is 0 Å². The number of aliphatic hydroxyl groups excluding tert-OH is 1. The van der Waals surface area contributed by atoms with Gasteiger partial charge in [-0.15, -0.1) is 0 Å². The zero-order valence-corrected chi connectivity index (χ0v) is 18.9. The van der Waals surface area contributed by atoms with Crippen LogP contribution in [-0.2, 0) is 19.3 Å². The number of benzene rings is 1. The number of piperidine rings is 1. The Hall–Kier alpha value is -3.38.